The van der Waals surface area contributed by atoms with E-state index in [0.29, 0.717) is 12.0 Å². The summed E-state index contributed by atoms with van der Waals surface area (Å²) in [4.78, 5) is 7.87. The molecule has 1 saturated carbocycles. The average Bonchev–Trinajstić information content (AvgIpc) is 2.99. The van der Waals surface area contributed by atoms with Gasteiger partial charge in [-0.25, -0.2) is 9.50 Å². The lowest BCUT2D eigenvalue weighted by Gasteiger charge is -2.31. The van der Waals surface area contributed by atoms with Crippen LogP contribution in [-0.2, 0) is 0 Å². The van der Waals surface area contributed by atoms with Crippen LogP contribution in [0.15, 0.2) is 12.5 Å². The number of fused-ring (bicyclic) bond motifs is 1. The highest BCUT2D eigenvalue weighted by Gasteiger charge is 2.32. The predicted octanol–water partition coefficient (Wildman–Crippen LogP) is 2.41. The molecule has 3 aromatic heterocycles. The van der Waals surface area contributed by atoms with E-state index in [-0.39, 0.29) is 0 Å². The van der Waals surface area contributed by atoms with Crippen LogP contribution in [0.1, 0.15) is 49.2 Å². The number of rotatable bonds is 3. The number of piperidine rings is 1. The molecule has 1 saturated heterocycles. The third-order valence-corrected chi connectivity index (χ3v) is 5.73. The molecule has 7 nitrogen and oxygen atoms in total. The molecule has 1 aliphatic carbocycles. The minimum atomic E-state index is 0.449. The summed E-state index contributed by atoms with van der Waals surface area (Å²) >= 11 is 1.67. The molecule has 2 fully saturated rings. The van der Waals surface area contributed by atoms with E-state index < -0.39 is 0 Å². The summed E-state index contributed by atoms with van der Waals surface area (Å²) in [7, 11) is 0. The van der Waals surface area contributed by atoms with Crippen LogP contribution < -0.4 is 4.90 Å². The zero-order valence-electron chi connectivity index (χ0n) is 13.1. The fourth-order valence-corrected chi connectivity index (χ4v) is 4.43. The molecule has 1 aliphatic heterocycles. The molecule has 23 heavy (non-hydrogen) atoms. The summed E-state index contributed by atoms with van der Waals surface area (Å²) in [6, 6.07) is 0.640. The molecule has 0 bridgehead atoms. The molecule has 8 heteroatoms. The first-order valence-corrected chi connectivity index (χ1v) is 9.07. The van der Waals surface area contributed by atoms with Crippen molar-refractivity contribution >= 4 is 21.4 Å². The van der Waals surface area contributed by atoms with Crippen molar-refractivity contribution in [1.29, 1.82) is 0 Å². The lowest BCUT2D eigenvalue weighted by molar-refractivity contribution is 0.470. The zero-order chi connectivity index (χ0) is 15.4. The Morgan fingerprint density at radius 3 is 3.00 bits per heavy atom. The van der Waals surface area contributed by atoms with Gasteiger partial charge in [0.05, 0.1) is 11.9 Å². The Balaban J connectivity index is 1.41. The molecule has 120 valence electrons. The Morgan fingerprint density at radius 1 is 1.26 bits per heavy atom. The Kier molecular flexibility index (Phi) is 2.94. The summed E-state index contributed by atoms with van der Waals surface area (Å²) in [6.07, 6.45) is 8.79. The van der Waals surface area contributed by atoms with Gasteiger partial charge in [-0.15, -0.1) is 15.3 Å². The summed E-state index contributed by atoms with van der Waals surface area (Å²) in [5, 5.41) is 14.3. The van der Waals surface area contributed by atoms with Crippen LogP contribution in [0.2, 0.25) is 0 Å². The van der Waals surface area contributed by atoms with Gasteiger partial charge in [-0.2, -0.15) is 0 Å². The smallest absolute Gasteiger partial charge is 0.214 e. The van der Waals surface area contributed by atoms with Gasteiger partial charge in [0.1, 0.15) is 12.2 Å². The molecule has 0 amide bonds. The van der Waals surface area contributed by atoms with E-state index in [0.717, 1.165) is 34.7 Å². The molecule has 0 spiro atoms. The minimum Gasteiger partial charge on any atom is -0.346 e. The van der Waals surface area contributed by atoms with Crippen molar-refractivity contribution < 1.29 is 0 Å². The van der Waals surface area contributed by atoms with Gasteiger partial charge in [-0.1, -0.05) is 11.3 Å². The van der Waals surface area contributed by atoms with Gasteiger partial charge in [-0.05, 0) is 32.6 Å². The van der Waals surface area contributed by atoms with Crippen LogP contribution in [-0.4, -0.2) is 42.5 Å². The molecule has 4 heterocycles. The SMILES string of the molecule is Cc1cn2nc(N3CCCC(c4nncn4C4CC4)C3)sc2n1. The highest BCUT2D eigenvalue weighted by molar-refractivity contribution is 7.20. The number of hydrogen-bond acceptors (Lipinski definition) is 6. The second-order valence-electron chi connectivity index (χ2n) is 6.61. The van der Waals surface area contributed by atoms with Crippen LogP contribution >= 0.6 is 11.3 Å². The van der Waals surface area contributed by atoms with Crippen molar-refractivity contribution in [3.05, 3.63) is 24.0 Å². The van der Waals surface area contributed by atoms with E-state index in [1.807, 2.05) is 24.0 Å². The Labute approximate surface area is 138 Å². The first kappa shape index (κ1) is 13.5. The predicted molar refractivity (Wildman–Crippen MR) is 88.1 cm³/mol. The minimum absolute atomic E-state index is 0.449. The monoisotopic (exact) mass is 329 g/mol. The second-order valence-corrected chi connectivity index (χ2v) is 7.54. The summed E-state index contributed by atoms with van der Waals surface area (Å²) < 4.78 is 4.19. The second kappa shape index (κ2) is 5.02. The fourth-order valence-electron chi connectivity index (χ4n) is 3.47. The average molecular weight is 329 g/mol. The van der Waals surface area contributed by atoms with E-state index >= 15 is 0 Å². The van der Waals surface area contributed by atoms with Gasteiger partial charge >= 0.3 is 0 Å². The van der Waals surface area contributed by atoms with E-state index in [9.17, 15) is 0 Å². The molecule has 5 rings (SSSR count). The quantitative estimate of drug-likeness (QED) is 0.738. The zero-order valence-corrected chi connectivity index (χ0v) is 13.9. The molecular formula is C15H19N7S. The molecule has 0 aromatic carbocycles. The topological polar surface area (TPSA) is 64.1 Å². The van der Waals surface area contributed by atoms with Gasteiger partial charge in [0.15, 0.2) is 0 Å². The Morgan fingerprint density at radius 2 is 2.17 bits per heavy atom. The Bertz CT molecular complexity index is 812. The first-order valence-electron chi connectivity index (χ1n) is 8.25. The molecule has 0 radical (unpaired) electrons. The highest BCUT2D eigenvalue weighted by Crippen LogP contribution is 2.38. The third kappa shape index (κ3) is 2.32. The molecule has 2 aliphatic rings. The van der Waals surface area contributed by atoms with Gasteiger partial charge in [0.25, 0.3) is 0 Å². The summed E-state index contributed by atoms with van der Waals surface area (Å²) in [5.74, 6) is 1.61. The van der Waals surface area contributed by atoms with Crippen LogP contribution in [0.4, 0.5) is 5.13 Å². The summed E-state index contributed by atoms with van der Waals surface area (Å²) in [5.41, 5.74) is 1.02. The fraction of sp³-hybridized carbons (Fsp3) is 0.600. The number of anilines is 1. The third-order valence-electron chi connectivity index (χ3n) is 4.75. The molecule has 1 atom stereocenters. The highest BCUT2D eigenvalue weighted by atomic mass is 32.1. The first-order chi connectivity index (χ1) is 11.3. The van der Waals surface area contributed by atoms with Crippen LogP contribution in [0.25, 0.3) is 4.96 Å². The van der Waals surface area contributed by atoms with Crippen molar-refractivity contribution in [2.45, 2.75) is 44.6 Å². The number of aromatic nitrogens is 6. The van der Waals surface area contributed by atoms with Gasteiger partial charge in [0.2, 0.25) is 10.1 Å². The number of imidazole rings is 1. The van der Waals surface area contributed by atoms with E-state index in [4.69, 9.17) is 5.10 Å². The standard InChI is InChI=1S/C15H19N7S/c1-10-7-22-14(17-10)23-15(19-22)20-6-2-3-11(8-20)13-18-16-9-21(13)12-4-5-12/h7,9,11-12H,2-6,8H2,1H3. The van der Waals surface area contributed by atoms with E-state index in [2.05, 4.69) is 24.6 Å². The lowest BCUT2D eigenvalue weighted by atomic mass is 9.97. The van der Waals surface area contributed by atoms with Crippen molar-refractivity contribution in [1.82, 2.24) is 29.4 Å². The van der Waals surface area contributed by atoms with Crippen molar-refractivity contribution in [3.63, 3.8) is 0 Å². The van der Waals surface area contributed by atoms with Crippen molar-refractivity contribution in [2.24, 2.45) is 0 Å². The van der Waals surface area contributed by atoms with Crippen LogP contribution in [0, 0.1) is 6.92 Å². The van der Waals surface area contributed by atoms with Gasteiger partial charge in [0, 0.05) is 25.0 Å². The number of nitrogens with zero attached hydrogens (tertiary/aromatic N) is 7. The van der Waals surface area contributed by atoms with Crippen molar-refractivity contribution in [2.75, 3.05) is 18.0 Å². The van der Waals surface area contributed by atoms with Crippen LogP contribution in [0.3, 0.4) is 0 Å². The lowest BCUT2D eigenvalue weighted by Crippen LogP contribution is -2.35. The number of hydrogen-bond donors (Lipinski definition) is 0. The largest absolute Gasteiger partial charge is 0.346 e. The molecule has 1 unspecified atom stereocenters. The van der Waals surface area contributed by atoms with E-state index in [1.165, 1.54) is 25.7 Å². The maximum atomic E-state index is 4.70. The normalized spacial score (nSPS) is 22.1. The Hall–Kier alpha value is -1.96. The van der Waals surface area contributed by atoms with Gasteiger partial charge < -0.3 is 9.47 Å². The van der Waals surface area contributed by atoms with E-state index in [1.54, 1.807) is 11.3 Å². The van der Waals surface area contributed by atoms with Crippen molar-refractivity contribution in [3.8, 4) is 0 Å². The maximum absolute atomic E-state index is 4.70. The van der Waals surface area contributed by atoms with Gasteiger partial charge in [-0.3, -0.25) is 0 Å². The van der Waals surface area contributed by atoms with Crippen LogP contribution in [0.5, 0.6) is 0 Å². The number of aryl methyl sites for hydroxylation is 1. The summed E-state index contributed by atoms with van der Waals surface area (Å²) in [6.45, 7) is 4.04. The molecular weight excluding hydrogens is 310 g/mol. The molecule has 3 aromatic rings. The molecule has 0 N–H and O–H groups in total. The maximum Gasteiger partial charge on any atom is 0.214 e.